The fraction of sp³-hybridized carbons (Fsp3) is 0.0833. The molecule has 0 bridgehead atoms. The summed E-state index contributed by atoms with van der Waals surface area (Å²) in [6.07, 6.45) is -4.55. The highest BCUT2D eigenvalue weighted by molar-refractivity contribution is 6.34. The van der Waals surface area contributed by atoms with Crippen LogP contribution in [0.3, 0.4) is 0 Å². The molecular formula is C24H16ClF3N2O. The average molecular weight is 441 g/mol. The van der Waals surface area contributed by atoms with Crippen molar-refractivity contribution in [3.8, 4) is 11.3 Å². The van der Waals surface area contributed by atoms with E-state index < -0.39 is 17.6 Å². The molecule has 31 heavy (non-hydrogen) atoms. The van der Waals surface area contributed by atoms with Gasteiger partial charge in [0.15, 0.2) is 0 Å². The number of hydrogen-bond donors (Lipinski definition) is 1. The Kier molecular flexibility index (Phi) is 5.41. The van der Waals surface area contributed by atoms with Gasteiger partial charge < -0.3 is 5.32 Å². The van der Waals surface area contributed by atoms with Crippen LogP contribution in [0.4, 0.5) is 18.9 Å². The van der Waals surface area contributed by atoms with Gasteiger partial charge in [-0.15, -0.1) is 0 Å². The third-order valence-electron chi connectivity index (χ3n) is 4.95. The predicted octanol–water partition coefficient (Wildman–Crippen LogP) is 7.13. The lowest BCUT2D eigenvalue weighted by Gasteiger charge is -2.16. The van der Waals surface area contributed by atoms with Crippen LogP contribution in [-0.2, 0) is 6.18 Å². The third kappa shape index (κ3) is 4.11. The van der Waals surface area contributed by atoms with E-state index in [2.05, 4.69) is 5.32 Å². The Hall–Kier alpha value is -3.38. The number of amides is 1. The Morgan fingerprint density at radius 1 is 0.968 bits per heavy atom. The molecule has 0 unspecified atom stereocenters. The van der Waals surface area contributed by atoms with Crippen molar-refractivity contribution in [2.75, 3.05) is 5.32 Å². The number of para-hydroxylation sites is 1. The lowest BCUT2D eigenvalue weighted by Crippen LogP contribution is -2.16. The van der Waals surface area contributed by atoms with Crippen LogP contribution in [0.15, 0.2) is 72.8 Å². The van der Waals surface area contributed by atoms with Crippen molar-refractivity contribution in [2.45, 2.75) is 13.1 Å². The lowest BCUT2D eigenvalue weighted by atomic mass is 9.97. The fourth-order valence-corrected chi connectivity index (χ4v) is 3.62. The van der Waals surface area contributed by atoms with E-state index >= 15 is 0 Å². The number of pyridine rings is 1. The molecule has 0 aliphatic rings. The van der Waals surface area contributed by atoms with Crippen molar-refractivity contribution in [3.63, 3.8) is 0 Å². The SMILES string of the molecule is Cc1c(-c2ccccc2)nc2ccccc2c1C(=O)Nc1cc(C(F)(F)F)ccc1Cl. The number of carbonyl (C=O) groups is 1. The highest BCUT2D eigenvalue weighted by atomic mass is 35.5. The molecule has 0 aliphatic heterocycles. The molecule has 0 atom stereocenters. The summed E-state index contributed by atoms with van der Waals surface area (Å²) in [5.74, 6) is -0.561. The first-order valence-corrected chi connectivity index (χ1v) is 9.76. The summed E-state index contributed by atoms with van der Waals surface area (Å²) in [6, 6.07) is 19.3. The Morgan fingerprint density at radius 2 is 1.65 bits per heavy atom. The summed E-state index contributed by atoms with van der Waals surface area (Å²) in [4.78, 5) is 18.0. The number of rotatable bonds is 3. The Balaban J connectivity index is 1.85. The van der Waals surface area contributed by atoms with Crippen LogP contribution in [0.5, 0.6) is 0 Å². The number of aromatic nitrogens is 1. The normalized spacial score (nSPS) is 11.5. The second-order valence-electron chi connectivity index (χ2n) is 6.99. The van der Waals surface area contributed by atoms with E-state index in [1.807, 2.05) is 36.4 Å². The highest BCUT2D eigenvalue weighted by Gasteiger charge is 2.31. The maximum absolute atomic E-state index is 13.3. The summed E-state index contributed by atoms with van der Waals surface area (Å²) in [5.41, 5.74) is 2.00. The van der Waals surface area contributed by atoms with Gasteiger partial charge >= 0.3 is 6.18 Å². The van der Waals surface area contributed by atoms with Gasteiger partial charge in [-0.1, -0.05) is 60.1 Å². The molecule has 4 aromatic rings. The van der Waals surface area contributed by atoms with E-state index in [0.29, 0.717) is 27.7 Å². The minimum absolute atomic E-state index is 0.0145. The minimum Gasteiger partial charge on any atom is -0.321 e. The number of halogens is 4. The van der Waals surface area contributed by atoms with Gasteiger partial charge in [0.1, 0.15) is 0 Å². The van der Waals surface area contributed by atoms with E-state index in [0.717, 1.165) is 23.8 Å². The van der Waals surface area contributed by atoms with E-state index in [1.54, 1.807) is 25.1 Å². The molecule has 0 saturated heterocycles. The minimum atomic E-state index is -4.55. The molecule has 0 radical (unpaired) electrons. The van der Waals surface area contributed by atoms with Crippen LogP contribution >= 0.6 is 11.6 Å². The molecule has 1 amide bonds. The van der Waals surface area contributed by atoms with Crippen LogP contribution < -0.4 is 5.32 Å². The summed E-state index contributed by atoms with van der Waals surface area (Å²) in [6.45, 7) is 1.77. The van der Waals surface area contributed by atoms with Gasteiger partial charge in [0.05, 0.1) is 33.0 Å². The van der Waals surface area contributed by atoms with Crippen LogP contribution in [0.25, 0.3) is 22.2 Å². The van der Waals surface area contributed by atoms with E-state index in [1.165, 1.54) is 0 Å². The first-order chi connectivity index (χ1) is 14.8. The van der Waals surface area contributed by atoms with Crippen molar-refractivity contribution < 1.29 is 18.0 Å². The molecule has 0 aliphatic carbocycles. The standard InChI is InChI=1S/C24H16ClF3N2O/c1-14-21(23(31)30-20-13-16(24(26,27)28)11-12-18(20)25)17-9-5-6-10-19(17)29-22(14)15-7-3-2-4-8-15/h2-13H,1H3,(H,30,31). The first kappa shape index (κ1) is 20.9. The molecule has 0 fully saturated rings. The molecule has 156 valence electrons. The molecular weight excluding hydrogens is 425 g/mol. The van der Waals surface area contributed by atoms with E-state index in [9.17, 15) is 18.0 Å². The van der Waals surface area contributed by atoms with Gasteiger partial charge in [-0.25, -0.2) is 4.98 Å². The van der Waals surface area contributed by atoms with Crippen molar-refractivity contribution in [2.24, 2.45) is 0 Å². The topological polar surface area (TPSA) is 42.0 Å². The Bertz CT molecular complexity index is 1290. The number of nitrogens with one attached hydrogen (secondary N) is 1. The highest BCUT2D eigenvalue weighted by Crippen LogP contribution is 2.35. The summed E-state index contributed by atoms with van der Waals surface area (Å²) in [7, 11) is 0. The number of hydrogen-bond acceptors (Lipinski definition) is 2. The average Bonchev–Trinajstić information content (AvgIpc) is 2.74. The zero-order valence-electron chi connectivity index (χ0n) is 16.3. The second kappa shape index (κ2) is 8.04. The van der Waals surface area contributed by atoms with Gasteiger partial charge in [-0.2, -0.15) is 13.2 Å². The zero-order chi connectivity index (χ0) is 22.2. The number of benzene rings is 3. The Morgan fingerprint density at radius 3 is 2.35 bits per heavy atom. The molecule has 3 nitrogen and oxygen atoms in total. The number of carbonyl (C=O) groups excluding carboxylic acids is 1. The largest absolute Gasteiger partial charge is 0.416 e. The summed E-state index contributed by atoms with van der Waals surface area (Å²) < 4.78 is 39.3. The van der Waals surface area contributed by atoms with Gasteiger partial charge in [0, 0.05) is 10.9 Å². The van der Waals surface area contributed by atoms with Crippen molar-refractivity contribution >= 4 is 34.1 Å². The van der Waals surface area contributed by atoms with Gasteiger partial charge in [0.2, 0.25) is 0 Å². The van der Waals surface area contributed by atoms with Gasteiger partial charge in [-0.3, -0.25) is 4.79 Å². The molecule has 0 saturated carbocycles. The van der Waals surface area contributed by atoms with Crippen LogP contribution in [0.2, 0.25) is 5.02 Å². The van der Waals surface area contributed by atoms with Crippen LogP contribution in [0.1, 0.15) is 21.5 Å². The number of anilines is 1. The first-order valence-electron chi connectivity index (χ1n) is 9.38. The number of nitrogens with zero attached hydrogens (tertiary/aromatic N) is 1. The van der Waals surface area contributed by atoms with Crippen LogP contribution in [-0.4, -0.2) is 10.9 Å². The van der Waals surface area contributed by atoms with Crippen molar-refractivity contribution in [1.29, 1.82) is 0 Å². The van der Waals surface area contributed by atoms with Crippen molar-refractivity contribution in [3.05, 3.63) is 94.5 Å². The van der Waals surface area contributed by atoms with E-state index in [-0.39, 0.29) is 10.7 Å². The second-order valence-corrected chi connectivity index (χ2v) is 7.40. The fourth-order valence-electron chi connectivity index (χ4n) is 3.46. The molecule has 0 spiro atoms. The van der Waals surface area contributed by atoms with E-state index in [4.69, 9.17) is 16.6 Å². The van der Waals surface area contributed by atoms with Gasteiger partial charge in [0.25, 0.3) is 5.91 Å². The van der Waals surface area contributed by atoms with Crippen molar-refractivity contribution in [1.82, 2.24) is 4.98 Å². The van der Waals surface area contributed by atoms with Crippen LogP contribution in [0, 0.1) is 6.92 Å². The predicted molar refractivity (Wildman–Crippen MR) is 116 cm³/mol. The van der Waals surface area contributed by atoms with Gasteiger partial charge in [-0.05, 0) is 36.8 Å². The summed E-state index contributed by atoms with van der Waals surface area (Å²) in [5, 5.41) is 3.16. The smallest absolute Gasteiger partial charge is 0.321 e. The monoisotopic (exact) mass is 440 g/mol. The zero-order valence-corrected chi connectivity index (χ0v) is 17.1. The summed E-state index contributed by atoms with van der Waals surface area (Å²) >= 11 is 6.07. The third-order valence-corrected chi connectivity index (χ3v) is 5.28. The number of fused-ring (bicyclic) bond motifs is 1. The molecule has 7 heteroatoms. The molecule has 1 heterocycles. The maximum Gasteiger partial charge on any atom is 0.416 e. The maximum atomic E-state index is 13.3. The molecule has 1 aromatic heterocycles. The quantitative estimate of drug-likeness (QED) is 0.368. The molecule has 3 aromatic carbocycles. The number of alkyl halides is 3. The molecule has 4 rings (SSSR count). The lowest BCUT2D eigenvalue weighted by molar-refractivity contribution is -0.137. The Labute approximate surface area is 181 Å². The molecule has 1 N–H and O–H groups in total.